The van der Waals surface area contributed by atoms with E-state index in [9.17, 15) is 14.4 Å². The molecule has 2 amide bonds. The molecule has 1 aromatic heterocycles. The summed E-state index contributed by atoms with van der Waals surface area (Å²) >= 11 is 0. The van der Waals surface area contributed by atoms with Crippen LogP contribution in [0, 0.1) is 23.7 Å². The van der Waals surface area contributed by atoms with Gasteiger partial charge in [-0.1, -0.05) is 48.5 Å². The molecule has 7 rings (SSSR count). The summed E-state index contributed by atoms with van der Waals surface area (Å²) in [6.45, 7) is 3.77. The minimum Gasteiger partial charge on any atom is -0.465 e. The van der Waals surface area contributed by atoms with Gasteiger partial charge >= 0.3 is 12.1 Å². The normalized spacial score (nSPS) is 26.3. The van der Waals surface area contributed by atoms with E-state index in [2.05, 4.69) is 15.6 Å². The molecule has 4 saturated carbocycles. The summed E-state index contributed by atoms with van der Waals surface area (Å²) in [7, 11) is 0. The number of ether oxygens (including phenoxy) is 2. The first kappa shape index (κ1) is 28.3. The highest BCUT2D eigenvalue weighted by Crippen LogP contribution is 2.54. The molecule has 0 spiro atoms. The van der Waals surface area contributed by atoms with E-state index in [0.717, 1.165) is 59.5 Å². The van der Waals surface area contributed by atoms with Crippen LogP contribution in [0.4, 0.5) is 4.79 Å². The third-order valence-corrected chi connectivity index (χ3v) is 9.72. The molecule has 2 aromatic carbocycles. The number of carbonyl (C=O) groups is 3. The van der Waals surface area contributed by atoms with Gasteiger partial charge in [0.05, 0.1) is 12.5 Å². The summed E-state index contributed by atoms with van der Waals surface area (Å²) in [5.74, 6) is 0.897. The molecule has 4 bridgehead atoms. The summed E-state index contributed by atoms with van der Waals surface area (Å²) in [6.07, 6.45) is 7.32. The first-order chi connectivity index (χ1) is 20.3. The average Bonchev–Trinajstić information content (AvgIpc) is 3.37. The molecule has 42 heavy (non-hydrogen) atoms. The number of carbonyl (C=O) groups excluding carboxylic acids is 3. The number of amides is 2. The lowest BCUT2D eigenvalue weighted by atomic mass is 9.55. The van der Waals surface area contributed by atoms with Gasteiger partial charge in [-0.15, -0.1) is 0 Å². The molecule has 8 nitrogen and oxygen atoms in total. The Balaban J connectivity index is 1.21. The quantitative estimate of drug-likeness (QED) is 0.279. The van der Waals surface area contributed by atoms with Gasteiger partial charge in [-0.05, 0) is 86.8 Å². The fourth-order valence-corrected chi connectivity index (χ4v) is 7.94. The number of esters is 1. The third kappa shape index (κ3) is 5.76. The van der Waals surface area contributed by atoms with Gasteiger partial charge in [0.2, 0.25) is 5.91 Å². The van der Waals surface area contributed by atoms with Gasteiger partial charge in [-0.3, -0.25) is 9.59 Å². The van der Waals surface area contributed by atoms with Crippen LogP contribution in [0.25, 0.3) is 10.9 Å². The van der Waals surface area contributed by atoms with Crippen molar-refractivity contribution in [3.8, 4) is 0 Å². The molecule has 0 saturated heterocycles. The SMILES string of the molecule is CCOC(=O)[C@H](CNC(=O)[C@@](C)(Cc1c[nH]c2ccccc12)NC(=O)OC1C2CC3CC(C2)CC1C3)c1ccccc1. The van der Waals surface area contributed by atoms with Crippen LogP contribution in [0.2, 0.25) is 0 Å². The lowest BCUT2D eigenvalue weighted by Gasteiger charge is -2.53. The summed E-state index contributed by atoms with van der Waals surface area (Å²) in [5, 5.41) is 6.92. The average molecular weight is 572 g/mol. The van der Waals surface area contributed by atoms with E-state index in [1.165, 1.54) is 6.42 Å². The molecule has 8 heteroatoms. The van der Waals surface area contributed by atoms with Crippen LogP contribution < -0.4 is 10.6 Å². The van der Waals surface area contributed by atoms with E-state index in [4.69, 9.17) is 9.47 Å². The number of H-pyrrole nitrogens is 1. The number of rotatable bonds is 10. The Morgan fingerprint density at radius 2 is 1.62 bits per heavy atom. The summed E-state index contributed by atoms with van der Waals surface area (Å²) in [4.78, 5) is 43.6. The van der Waals surface area contributed by atoms with Gasteiger partial charge < -0.3 is 25.1 Å². The number of alkyl carbamates (subject to hydrolysis) is 1. The van der Waals surface area contributed by atoms with E-state index in [-0.39, 0.29) is 31.6 Å². The number of aromatic amines is 1. The minimum atomic E-state index is -1.33. The fraction of sp³-hybridized carbons (Fsp3) is 0.500. The second-order valence-electron chi connectivity index (χ2n) is 12.7. The van der Waals surface area contributed by atoms with E-state index in [1.807, 2.05) is 60.8 Å². The lowest BCUT2D eigenvalue weighted by molar-refractivity contribution is -0.145. The predicted molar refractivity (Wildman–Crippen MR) is 160 cm³/mol. The number of nitrogens with one attached hydrogen (secondary N) is 3. The zero-order valence-corrected chi connectivity index (χ0v) is 24.4. The van der Waals surface area contributed by atoms with E-state index >= 15 is 0 Å². The molecule has 0 unspecified atom stereocenters. The standard InChI is InChI=1S/C34H41N3O5/c1-3-41-31(38)28(23-9-5-4-6-10-23)20-36-32(39)34(2,18-26-19-35-29-12-8-7-11-27(26)29)37-33(40)42-30-24-14-21-13-22(16-24)17-25(30)15-21/h4-12,19,21-22,24-25,28,30,35H,3,13-18,20H2,1-2H3,(H,36,39)(H,37,40)/t21?,22?,24?,25?,28-,30?,34-/m1/s1. The highest BCUT2D eigenvalue weighted by molar-refractivity contribution is 5.92. The second kappa shape index (κ2) is 11.8. The van der Waals surface area contributed by atoms with Crippen molar-refractivity contribution in [2.75, 3.05) is 13.2 Å². The van der Waals surface area contributed by atoms with Gasteiger partial charge in [0.1, 0.15) is 11.6 Å². The zero-order chi connectivity index (χ0) is 29.3. The van der Waals surface area contributed by atoms with Gasteiger partial charge in [-0.25, -0.2) is 4.79 Å². The summed E-state index contributed by atoms with van der Waals surface area (Å²) < 4.78 is 11.5. The Kier molecular flexibility index (Phi) is 7.97. The van der Waals surface area contributed by atoms with Crippen molar-refractivity contribution in [3.63, 3.8) is 0 Å². The van der Waals surface area contributed by atoms with Crippen LogP contribution in [0.15, 0.2) is 60.8 Å². The van der Waals surface area contributed by atoms with Crippen molar-refractivity contribution >= 4 is 28.9 Å². The monoisotopic (exact) mass is 571 g/mol. The molecule has 3 N–H and O–H groups in total. The minimum absolute atomic E-state index is 0.0391. The van der Waals surface area contributed by atoms with E-state index in [0.29, 0.717) is 11.8 Å². The van der Waals surface area contributed by atoms with Gasteiger partial charge in [-0.2, -0.15) is 0 Å². The van der Waals surface area contributed by atoms with Crippen LogP contribution in [-0.2, 0) is 25.5 Å². The number of fused-ring (bicyclic) bond motifs is 1. The number of para-hydroxylation sites is 1. The number of hydrogen-bond donors (Lipinski definition) is 3. The Hall–Kier alpha value is -3.81. The highest BCUT2D eigenvalue weighted by atomic mass is 16.6. The maximum absolute atomic E-state index is 14.0. The molecule has 3 aromatic rings. The van der Waals surface area contributed by atoms with Crippen LogP contribution in [0.1, 0.15) is 63.0 Å². The summed E-state index contributed by atoms with van der Waals surface area (Å²) in [5.41, 5.74) is 1.29. The Morgan fingerprint density at radius 1 is 0.952 bits per heavy atom. The van der Waals surface area contributed by atoms with Gasteiger partial charge in [0.15, 0.2) is 0 Å². The van der Waals surface area contributed by atoms with Crippen molar-refractivity contribution < 1.29 is 23.9 Å². The number of benzene rings is 2. The highest BCUT2D eigenvalue weighted by Gasteiger charge is 2.50. The van der Waals surface area contributed by atoms with Crippen LogP contribution in [0.5, 0.6) is 0 Å². The van der Waals surface area contributed by atoms with Gasteiger partial charge in [0.25, 0.3) is 0 Å². The molecular weight excluding hydrogens is 530 g/mol. The first-order valence-electron chi connectivity index (χ1n) is 15.4. The lowest BCUT2D eigenvalue weighted by Crippen LogP contribution is -2.60. The van der Waals surface area contributed by atoms with Gasteiger partial charge in [0, 0.05) is 30.1 Å². The summed E-state index contributed by atoms with van der Waals surface area (Å²) in [6, 6.07) is 17.2. The van der Waals surface area contributed by atoms with Crippen molar-refractivity contribution in [2.45, 2.75) is 69.9 Å². The number of hydrogen-bond acceptors (Lipinski definition) is 5. The smallest absolute Gasteiger partial charge is 0.408 e. The third-order valence-electron chi connectivity index (χ3n) is 9.72. The topological polar surface area (TPSA) is 110 Å². The van der Waals surface area contributed by atoms with Crippen molar-refractivity contribution in [3.05, 3.63) is 71.9 Å². The van der Waals surface area contributed by atoms with Crippen molar-refractivity contribution in [1.29, 1.82) is 0 Å². The zero-order valence-electron chi connectivity index (χ0n) is 24.4. The van der Waals surface area contributed by atoms with E-state index < -0.39 is 23.5 Å². The Labute approximate surface area is 246 Å². The molecule has 4 aliphatic carbocycles. The molecule has 4 aliphatic rings. The maximum atomic E-state index is 14.0. The van der Waals surface area contributed by atoms with Crippen molar-refractivity contribution in [2.24, 2.45) is 23.7 Å². The molecule has 0 aliphatic heterocycles. The largest absolute Gasteiger partial charge is 0.465 e. The Morgan fingerprint density at radius 3 is 2.31 bits per heavy atom. The first-order valence-corrected chi connectivity index (χ1v) is 15.4. The molecule has 0 radical (unpaired) electrons. The van der Waals surface area contributed by atoms with E-state index in [1.54, 1.807) is 13.8 Å². The molecule has 4 fully saturated rings. The molecular formula is C34H41N3O5. The molecule has 2 atom stereocenters. The molecule has 222 valence electrons. The molecule has 1 heterocycles. The Bertz CT molecular complexity index is 1410. The van der Waals surface area contributed by atoms with Crippen LogP contribution in [-0.4, -0.2) is 47.7 Å². The van der Waals surface area contributed by atoms with Crippen molar-refractivity contribution in [1.82, 2.24) is 15.6 Å². The van der Waals surface area contributed by atoms with Crippen LogP contribution in [0.3, 0.4) is 0 Å². The number of aromatic nitrogens is 1. The second-order valence-corrected chi connectivity index (χ2v) is 12.7. The maximum Gasteiger partial charge on any atom is 0.408 e. The predicted octanol–water partition coefficient (Wildman–Crippen LogP) is 5.48. The van der Waals surface area contributed by atoms with Crippen LogP contribution >= 0.6 is 0 Å². The fourth-order valence-electron chi connectivity index (χ4n) is 7.94.